The summed E-state index contributed by atoms with van der Waals surface area (Å²) in [7, 11) is 3.60. The first kappa shape index (κ1) is 27.4. The number of fused-ring (bicyclic) bond motifs is 9. The van der Waals surface area contributed by atoms with E-state index in [0.717, 1.165) is 27.8 Å². The summed E-state index contributed by atoms with van der Waals surface area (Å²) in [5, 5.41) is 25.7. The number of carbonyl (C=O) groups excluding carboxylic acids is 1. The zero-order valence-electron chi connectivity index (χ0n) is 24.1. The standard InChI is InChI=1S/C31H36N4O6/c1-7-8-33-13-23-25-19(29(41-17(4)36)16(3)30-31(25)40-14-39-30)11-21-26-24-18(9-15(2)28(38-6)27(24)37)10-20(34(26)5)22(12-32)35(21)23/h7,9,20-23,26,33,37H,1,8,10-11,13-14H2,2-6H3/t20?,21?,22-,23-,26?/m0/s1. The van der Waals surface area contributed by atoms with E-state index in [1.807, 2.05) is 20.9 Å². The lowest BCUT2D eigenvalue weighted by atomic mass is 9.71. The van der Waals surface area contributed by atoms with Crippen LogP contribution in [0.5, 0.6) is 28.7 Å². The molecule has 4 heterocycles. The van der Waals surface area contributed by atoms with Crippen LogP contribution in [-0.2, 0) is 17.6 Å². The number of carbonyl (C=O) groups is 1. The van der Waals surface area contributed by atoms with Crippen LogP contribution in [0.15, 0.2) is 18.7 Å². The number of ether oxygens (including phenoxy) is 4. The summed E-state index contributed by atoms with van der Waals surface area (Å²) in [5.74, 6) is 1.86. The van der Waals surface area contributed by atoms with Gasteiger partial charge in [-0.3, -0.25) is 14.6 Å². The van der Waals surface area contributed by atoms with E-state index >= 15 is 0 Å². The molecule has 3 unspecified atom stereocenters. The van der Waals surface area contributed by atoms with Crippen LogP contribution in [0.2, 0.25) is 0 Å². The third-order valence-electron chi connectivity index (χ3n) is 9.14. The van der Waals surface area contributed by atoms with Gasteiger partial charge in [0, 0.05) is 54.4 Å². The number of nitrogens with one attached hydrogen (secondary N) is 1. The van der Waals surface area contributed by atoms with Gasteiger partial charge in [-0.15, -0.1) is 6.58 Å². The van der Waals surface area contributed by atoms with E-state index in [9.17, 15) is 15.2 Å². The van der Waals surface area contributed by atoms with Gasteiger partial charge in [0.05, 0.1) is 25.3 Å². The van der Waals surface area contributed by atoms with Gasteiger partial charge in [0.15, 0.2) is 23.0 Å². The topological polar surface area (TPSA) is 117 Å². The Morgan fingerprint density at radius 2 is 2.00 bits per heavy atom. The highest BCUT2D eigenvalue weighted by Gasteiger charge is 2.56. The van der Waals surface area contributed by atoms with E-state index in [0.29, 0.717) is 54.5 Å². The lowest BCUT2D eigenvalue weighted by Gasteiger charge is -2.60. The molecule has 6 rings (SSSR count). The lowest BCUT2D eigenvalue weighted by molar-refractivity contribution is -0.132. The third kappa shape index (κ3) is 3.98. The molecule has 1 saturated heterocycles. The van der Waals surface area contributed by atoms with Crippen molar-refractivity contribution in [3.63, 3.8) is 0 Å². The van der Waals surface area contributed by atoms with Crippen molar-refractivity contribution in [3.8, 4) is 34.8 Å². The monoisotopic (exact) mass is 560 g/mol. The molecule has 4 aliphatic heterocycles. The number of methoxy groups -OCH3 is 1. The molecule has 0 aromatic heterocycles. The highest BCUT2D eigenvalue weighted by atomic mass is 16.7. The van der Waals surface area contributed by atoms with Crippen LogP contribution in [0.4, 0.5) is 0 Å². The van der Waals surface area contributed by atoms with Crippen molar-refractivity contribution < 1.29 is 28.8 Å². The molecular weight excluding hydrogens is 524 g/mol. The van der Waals surface area contributed by atoms with Crippen molar-refractivity contribution in [2.45, 2.75) is 63.8 Å². The van der Waals surface area contributed by atoms with Crippen molar-refractivity contribution in [1.29, 1.82) is 5.26 Å². The Balaban J connectivity index is 1.61. The molecule has 0 spiro atoms. The molecule has 4 aliphatic rings. The number of hydrogen-bond acceptors (Lipinski definition) is 10. The van der Waals surface area contributed by atoms with Crippen molar-refractivity contribution in [2.75, 3.05) is 34.0 Å². The van der Waals surface area contributed by atoms with Crippen LogP contribution in [0.25, 0.3) is 0 Å². The summed E-state index contributed by atoms with van der Waals surface area (Å²) in [5.41, 5.74) is 5.16. The number of phenolic OH excluding ortho intramolecular Hbond substituents is 1. The second-order valence-electron chi connectivity index (χ2n) is 11.3. The van der Waals surface area contributed by atoms with Gasteiger partial charge in [0.1, 0.15) is 11.8 Å². The Bertz CT molecular complexity index is 1480. The minimum Gasteiger partial charge on any atom is -0.504 e. The molecule has 2 aromatic carbocycles. The zero-order chi connectivity index (χ0) is 29.2. The summed E-state index contributed by atoms with van der Waals surface area (Å²) in [6, 6.07) is 3.41. The van der Waals surface area contributed by atoms with Crippen molar-refractivity contribution >= 4 is 5.97 Å². The Hall–Kier alpha value is -3.78. The van der Waals surface area contributed by atoms with E-state index in [4.69, 9.17) is 18.9 Å². The number of aromatic hydroxyl groups is 1. The third-order valence-corrected chi connectivity index (χ3v) is 9.14. The fourth-order valence-corrected chi connectivity index (χ4v) is 7.63. The van der Waals surface area contributed by atoms with Crippen molar-refractivity contribution in [1.82, 2.24) is 15.1 Å². The number of aryl methyl sites for hydroxylation is 1. The average molecular weight is 561 g/mol. The molecule has 0 radical (unpaired) electrons. The largest absolute Gasteiger partial charge is 0.504 e. The summed E-state index contributed by atoms with van der Waals surface area (Å²) >= 11 is 0. The van der Waals surface area contributed by atoms with E-state index in [1.54, 1.807) is 13.2 Å². The first-order valence-electron chi connectivity index (χ1n) is 14.0. The predicted octanol–water partition coefficient (Wildman–Crippen LogP) is 3.22. The fraction of sp³-hybridized carbons (Fsp3) is 0.484. The molecule has 2 aromatic rings. The molecule has 2 N–H and O–H groups in total. The molecule has 2 bridgehead atoms. The van der Waals surface area contributed by atoms with Crippen LogP contribution >= 0.6 is 0 Å². The molecule has 5 atom stereocenters. The number of benzene rings is 2. The smallest absolute Gasteiger partial charge is 0.308 e. The van der Waals surface area contributed by atoms with Gasteiger partial charge < -0.3 is 29.4 Å². The second kappa shape index (κ2) is 10.2. The van der Waals surface area contributed by atoms with Crippen LogP contribution in [0.1, 0.15) is 52.4 Å². The summed E-state index contributed by atoms with van der Waals surface area (Å²) in [6.45, 7) is 10.2. The van der Waals surface area contributed by atoms with Crippen LogP contribution in [-0.4, -0.2) is 73.0 Å². The number of nitrogens with zero attached hydrogens (tertiary/aromatic N) is 3. The maximum absolute atomic E-state index is 12.3. The van der Waals surface area contributed by atoms with E-state index in [2.05, 4.69) is 33.8 Å². The number of rotatable bonds is 6. The Morgan fingerprint density at radius 1 is 1.24 bits per heavy atom. The zero-order valence-corrected chi connectivity index (χ0v) is 24.1. The first-order chi connectivity index (χ1) is 19.7. The summed E-state index contributed by atoms with van der Waals surface area (Å²) < 4.78 is 23.4. The predicted molar refractivity (Wildman–Crippen MR) is 151 cm³/mol. The maximum atomic E-state index is 12.3. The SMILES string of the molecule is C=CCNC[C@H]1c2c(c(OC(C)=O)c(C)c3c2OCO3)CC2C3c4c(cc(C)c(OC)c4O)CC([C@H](C#N)N21)N3C. The Kier molecular flexibility index (Phi) is 6.85. The molecule has 216 valence electrons. The highest BCUT2D eigenvalue weighted by molar-refractivity contribution is 5.74. The normalized spacial score (nSPS) is 25.9. The van der Waals surface area contributed by atoms with Crippen LogP contribution < -0.4 is 24.3 Å². The number of likely N-dealkylation sites (N-methyl/N-ethyl adjacent to an activating group) is 1. The number of piperazine rings is 1. The van der Waals surface area contributed by atoms with Crippen LogP contribution in [0, 0.1) is 25.2 Å². The molecule has 0 amide bonds. The van der Waals surface area contributed by atoms with Gasteiger partial charge in [-0.1, -0.05) is 12.1 Å². The van der Waals surface area contributed by atoms with Gasteiger partial charge in [0.2, 0.25) is 6.79 Å². The van der Waals surface area contributed by atoms with Gasteiger partial charge in [-0.2, -0.15) is 5.26 Å². The quantitative estimate of drug-likeness (QED) is 0.236. The molecule has 1 fully saturated rings. The van der Waals surface area contributed by atoms with Crippen molar-refractivity contribution in [2.24, 2.45) is 0 Å². The minimum absolute atomic E-state index is 0.0679. The average Bonchev–Trinajstić information content (AvgIpc) is 3.42. The van der Waals surface area contributed by atoms with Crippen LogP contribution in [0.3, 0.4) is 0 Å². The number of phenols is 1. The minimum atomic E-state index is -0.445. The Labute approximate surface area is 240 Å². The molecule has 0 aliphatic carbocycles. The first-order valence-corrected chi connectivity index (χ1v) is 14.0. The van der Waals surface area contributed by atoms with Gasteiger partial charge in [0.25, 0.3) is 0 Å². The number of hydrogen-bond donors (Lipinski definition) is 2. The highest BCUT2D eigenvalue weighted by Crippen LogP contribution is 2.58. The van der Waals surface area contributed by atoms with Gasteiger partial charge in [-0.05, 0) is 44.9 Å². The molecule has 0 saturated carbocycles. The molecular formula is C31H36N4O6. The molecule has 10 nitrogen and oxygen atoms in total. The molecule has 10 heteroatoms. The fourth-order valence-electron chi connectivity index (χ4n) is 7.63. The maximum Gasteiger partial charge on any atom is 0.308 e. The Morgan fingerprint density at radius 3 is 2.68 bits per heavy atom. The van der Waals surface area contributed by atoms with Crippen molar-refractivity contribution in [3.05, 3.63) is 52.1 Å². The lowest BCUT2D eigenvalue weighted by Crippen LogP contribution is -2.68. The van der Waals surface area contributed by atoms with Gasteiger partial charge in [-0.25, -0.2) is 0 Å². The van der Waals surface area contributed by atoms with E-state index in [-0.39, 0.29) is 36.7 Å². The summed E-state index contributed by atoms with van der Waals surface area (Å²) in [6.07, 6.45) is 2.89. The molecule has 41 heavy (non-hydrogen) atoms. The summed E-state index contributed by atoms with van der Waals surface area (Å²) in [4.78, 5) is 16.9. The van der Waals surface area contributed by atoms with Gasteiger partial charge >= 0.3 is 5.97 Å². The van der Waals surface area contributed by atoms with E-state index in [1.165, 1.54) is 6.92 Å². The van der Waals surface area contributed by atoms with E-state index < -0.39 is 12.0 Å². The number of nitriles is 1. The second-order valence-corrected chi connectivity index (χ2v) is 11.3. The number of esters is 1.